The Labute approximate surface area is 123 Å². The van der Waals surface area contributed by atoms with E-state index in [4.69, 9.17) is 0 Å². The number of nitrogens with zero attached hydrogens (tertiary/aromatic N) is 1. The molecule has 5 nitrogen and oxygen atoms in total. The lowest BCUT2D eigenvalue weighted by Crippen LogP contribution is -2.18. The van der Waals surface area contributed by atoms with Crippen LogP contribution in [0, 0.1) is 10.1 Å². The van der Waals surface area contributed by atoms with Gasteiger partial charge in [-0.05, 0) is 37.7 Å². The van der Waals surface area contributed by atoms with Crippen LogP contribution in [-0.2, 0) is 0 Å². The fraction of sp³-hybridized carbons (Fsp3) is 0.571. The van der Waals surface area contributed by atoms with E-state index >= 15 is 0 Å². The highest BCUT2D eigenvalue weighted by atomic mass is 32.2. The molecule has 2 N–H and O–H groups in total. The molecule has 0 bridgehead atoms. The van der Waals surface area contributed by atoms with Crippen molar-refractivity contribution < 1.29 is 4.92 Å². The summed E-state index contributed by atoms with van der Waals surface area (Å²) in [6.07, 6.45) is 5.40. The van der Waals surface area contributed by atoms with E-state index in [2.05, 4.69) is 16.9 Å². The van der Waals surface area contributed by atoms with Gasteiger partial charge >= 0.3 is 5.69 Å². The van der Waals surface area contributed by atoms with E-state index < -0.39 is 0 Å². The molecule has 0 amide bonds. The zero-order chi connectivity index (χ0) is 14.6. The van der Waals surface area contributed by atoms with E-state index in [1.54, 1.807) is 12.1 Å². The molecule has 2 rings (SSSR count). The Kier molecular flexibility index (Phi) is 4.75. The first-order valence-corrected chi connectivity index (χ1v) is 8.14. The molecule has 6 heteroatoms. The Hall–Kier alpha value is -1.43. The van der Waals surface area contributed by atoms with Gasteiger partial charge in [0, 0.05) is 17.8 Å². The predicted molar refractivity (Wildman–Crippen MR) is 85.8 cm³/mol. The summed E-state index contributed by atoms with van der Waals surface area (Å²) < 4.78 is 0.278. The molecule has 0 aliphatic heterocycles. The molecule has 0 spiro atoms. The molecular weight excluding hydrogens is 274 g/mol. The van der Waals surface area contributed by atoms with Crippen molar-refractivity contribution >= 4 is 28.8 Å². The zero-order valence-corrected chi connectivity index (χ0v) is 12.8. The first kappa shape index (κ1) is 15.0. The van der Waals surface area contributed by atoms with Crippen molar-refractivity contribution in [2.45, 2.75) is 30.9 Å². The lowest BCUT2D eigenvalue weighted by molar-refractivity contribution is -0.383. The largest absolute Gasteiger partial charge is 0.379 e. The molecule has 0 aromatic heterocycles. The van der Waals surface area contributed by atoms with Crippen LogP contribution in [0.5, 0.6) is 0 Å². The maximum atomic E-state index is 11.3. The molecule has 1 aromatic carbocycles. The molecule has 1 aliphatic rings. The summed E-state index contributed by atoms with van der Waals surface area (Å²) in [6, 6.07) is 5.40. The van der Waals surface area contributed by atoms with Crippen molar-refractivity contribution in [2.75, 3.05) is 30.0 Å². The number of para-hydroxylation sites is 1. The summed E-state index contributed by atoms with van der Waals surface area (Å²) in [7, 11) is 0. The van der Waals surface area contributed by atoms with E-state index in [1.807, 2.05) is 24.8 Å². The van der Waals surface area contributed by atoms with Crippen LogP contribution in [0.4, 0.5) is 17.1 Å². The summed E-state index contributed by atoms with van der Waals surface area (Å²) in [4.78, 5) is 11.0. The molecular formula is C14H21N3O2S. The van der Waals surface area contributed by atoms with Crippen molar-refractivity contribution in [3.05, 3.63) is 28.3 Å². The Morgan fingerprint density at radius 3 is 2.50 bits per heavy atom. The Balaban J connectivity index is 2.16. The second kappa shape index (κ2) is 6.35. The van der Waals surface area contributed by atoms with Gasteiger partial charge in [-0.1, -0.05) is 13.0 Å². The van der Waals surface area contributed by atoms with Gasteiger partial charge in [0.2, 0.25) is 0 Å². The van der Waals surface area contributed by atoms with Crippen LogP contribution in [0.15, 0.2) is 18.2 Å². The van der Waals surface area contributed by atoms with Crippen LogP contribution >= 0.6 is 11.8 Å². The van der Waals surface area contributed by atoms with Crippen LogP contribution in [0.1, 0.15) is 26.2 Å². The molecule has 0 atom stereocenters. The molecule has 0 radical (unpaired) electrons. The third-order valence-corrected chi connectivity index (χ3v) is 5.04. The minimum atomic E-state index is -0.307. The lowest BCUT2D eigenvalue weighted by Gasteiger charge is -2.15. The number of benzene rings is 1. The van der Waals surface area contributed by atoms with Gasteiger partial charge in [0.15, 0.2) is 0 Å². The van der Waals surface area contributed by atoms with Crippen LogP contribution in [0.3, 0.4) is 0 Å². The Bertz CT molecular complexity index is 489. The van der Waals surface area contributed by atoms with Crippen molar-refractivity contribution in [1.29, 1.82) is 0 Å². The number of nitro groups is 1. The molecule has 0 unspecified atom stereocenters. The van der Waals surface area contributed by atoms with Crippen LogP contribution in [0.25, 0.3) is 0 Å². The second-order valence-electron chi connectivity index (χ2n) is 5.13. The Morgan fingerprint density at radius 1 is 1.35 bits per heavy atom. The minimum absolute atomic E-state index is 0.151. The Morgan fingerprint density at radius 2 is 2.00 bits per heavy atom. The number of hydrogen-bond acceptors (Lipinski definition) is 5. The standard InChI is InChI=1S/C14H21N3O2S/c1-3-9-15-11-5-4-6-12(13(11)17(18)19)16-10-14(20-2)7-8-14/h4-6,15-16H,3,7-10H2,1-2H3. The highest BCUT2D eigenvalue weighted by molar-refractivity contribution is 8.00. The number of rotatable bonds is 8. The van der Waals surface area contributed by atoms with E-state index in [1.165, 1.54) is 12.8 Å². The number of hydrogen-bond donors (Lipinski definition) is 2. The average Bonchev–Trinajstić information content (AvgIpc) is 3.23. The third kappa shape index (κ3) is 3.36. The second-order valence-corrected chi connectivity index (χ2v) is 6.40. The minimum Gasteiger partial charge on any atom is -0.379 e. The molecule has 110 valence electrons. The van der Waals surface area contributed by atoms with Crippen molar-refractivity contribution in [2.24, 2.45) is 0 Å². The van der Waals surface area contributed by atoms with Crippen LogP contribution in [0.2, 0.25) is 0 Å². The number of nitrogens with one attached hydrogen (secondary N) is 2. The SMILES string of the molecule is CCCNc1cccc(NCC2(SC)CC2)c1[N+](=O)[O-]. The van der Waals surface area contributed by atoms with Gasteiger partial charge in [-0.3, -0.25) is 10.1 Å². The van der Waals surface area contributed by atoms with Gasteiger partial charge in [-0.2, -0.15) is 11.8 Å². The molecule has 0 heterocycles. The highest BCUT2D eigenvalue weighted by Crippen LogP contribution is 2.47. The van der Waals surface area contributed by atoms with E-state index in [9.17, 15) is 10.1 Å². The third-order valence-electron chi connectivity index (χ3n) is 3.63. The smallest absolute Gasteiger partial charge is 0.315 e. The van der Waals surface area contributed by atoms with Gasteiger partial charge in [0.25, 0.3) is 0 Å². The van der Waals surface area contributed by atoms with Crippen LogP contribution in [-0.4, -0.2) is 29.0 Å². The van der Waals surface area contributed by atoms with Crippen molar-refractivity contribution in [3.63, 3.8) is 0 Å². The first-order chi connectivity index (χ1) is 9.62. The van der Waals surface area contributed by atoms with Crippen LogP contribution < -0.4 is 10.6 Å². The quantitative estimate of drug-likeness (QED) is 0.565. The summed E-state index contributed by atoms with van der Waals surface area (Å²) in [5.74, 6) is 0. The molecule has 20 heavy (non-hydrogen) atoms. The van der Waals surface area contributed by atoms with Crippen molar-refractivity contribution in [3.8, 4) is 0 Å². The van der Waals surface area contributed by atoms with Crippen molar-refractivity contribution in [1.82, 2.24) is 0 Å². The molecule has 1 fully saturated rings. The zero-order valence-electron chi connectivity index (χ0n) is 11.9. The summed E-state index contributed by atoms with van der Waals surface area (Å²) >= 11 is 1.84. The molecule has 1 aromatic rings. The van der Waals surface area contributed by atoms with E-state index in [0.29, 0.717) is 11.4 Å². The predicted octanol–water partition coefficient (Wildman–Crippen LogP) is 3.72. The number of thioether (sulfide) groups is 1. The normalized spacial score (nSPS) is 15.7. The van der Waals surface area contributed by atoms with E-state index in [0.717, 1.165) is 19.5 Å². The fourth-order valence-electron chi connectivity index (χ4n) is 2.13. The lowest BCUT2D eigenvalue weighted by atomic mass is 10.2. The topological polar surface area (TPSA) is 67.2 Å². The summed E-state index contributed by atoms with van der Waals surface area (Å²) in [5, 5.41) is 17.7. The number of nitro benzene ring substituents is 1. The molecule has 1 saturated carbocycles. The van der Waals surface area contributed by atoms with Gasteiger partial charge < -0.3 is 10.6 Å². The average molecular weight is 295 g/mol. The first-order valence-electron chi connectivity index (χ1n) is 6.92. The van der Waals surface area contributed by atoms with Gasteiger partial charge in [-0.25, -0.2) is 0 Å². The van der Waals surface area contributed by atoms with Gasteiger partial charge in [0.05, 0.1) is 4.92 Å². The fourth-order valence-corrected chi connectivity index (χ4v) is 2.86. The summed E-state index contributed by atoms with van der Waals surface area (Å²) in [5.41, 5.74) is 1.35. The summed E-state index contributed by atoms with van der Waals surface area (Å²) in [6.45, 7) is 3.56. The highest BCUT2D eigenvalue weighted by Gasteiger charge is 2.41. The maximum absolute atomic E-state index is 11.3. The monoisotopic (exact) mass is 295 g/mol. The molecule has 0 saturated heterocycles. The maximum Gasteiger partial charge on any atom is 0.315 e. The van der Waals surface area contributed by atoms with E-state index in [-0.39, 0.29) is 15.4 Å². The van der Waals surface area contributed by atoms with Gasteiger partial charge in [0.1, 0.15) is 11.4 Å². The number of anilines is 2. The van der Waals surface area contributed by atoms with Gasteiger partial charge in [-0.15, -0.1) is 0 Å². The molecule has 1 aliphatic carbocycles.